The van der Waals surface area contributed by atoms with Crippen LogP contribution in [0.3, 0.4) is 0 Å². The molecule has 1 aliphatic rings. The Hall–Kier alpha value is -5.45. The molecule has 1 unspecified atom stereocenters. The standard InChI is InChI=1S/C40H37Cl2N9O/c1-24(27-11-13-29(41)14-12-27)50-23-44-36(28-8-5-4-6-9-28)38(50)35-32-16-15-30(42)22-34(32)45-37(35)40(52)46-33-10-7-19-43-39(33)49-20-17-31(18-21-49)51-25(2)47-48-26(51)3/h4-16,19,22-24,31,45H,17-18,20-21H2,1-3H3,(H,46,52). The van der Waals surface area contributed by atoms with Gasteiger partial charge in [0.1, 0.15) is 17.3 Å². The SMILES string of the molecule is Cc1nnc(C)n1C1CCN(c2ncccc2NC(=O)c2[nH]c3cc(Cl)ccc3c2-c2c(-c3ccccc3)ncn2C(C)c2ccc(Cl)cc2)CC1. The number of aromatic amines is 1. The second-order valence-corrected chi connectivity index (χ2v) is 14.1. The van der Waals surface area contributed by atoms with E-state index in [1.165, 1.54) is 0 Å². The zero-order valence-electron chi connectivity index (χ0n) is 29.0. The third kappa shape index (κ3) is 6.22. The van der Waals surface area contributed by atoms with E-state index in [1.54, 1.807) is 6.20 Å². The summed E-state index contributed by atoms with van der Waals surface area (Å²) in [6, 6.07) is 27.4. The summed E-state index contributed by atoms with van der Waals surface area (Å²) in [6.07, 6.45) is 5.44. The summed E-state index contributed by atoms with van der Waals surface area (Å²) in [7, 11) is 0. The van der Waals surface area contributed by atoms with Crippen molar-refractivity contribution in [3.05, 3.63) is 130 Å². The second kappa shape index (κ2) is 13.9. The van der Waals surface area contributed by atoms with E-state index >= 15 is 0 Å². The number of fused-ring (bicyclic) bond motifs is 1. The monoisotopic (exact) mass is 729 g/mol. The fourth-order valence-corrected chi connectivity index (χ4v) is 7.77. The lowest BCUT2D eigenvalue weighted by atomic mass is 9.99. The average molecular weight is 731 g/mol. The molecule has 1 fully saturated rings. The summed E-state index contributed by atoms with van der Waals surface area (Å²) in [6.45, 7) is 7.67. The zero-order valence-corrected chi connectivity index (χ0v) is 30.5. The van der Waals surface area contributed by atoms with Crippen molar-refractivity contribution in [1.82, 2.24) is 34.3 Å². The maximum Gasteiger partial charge on any atom is 0.272 e. The molecule has 1 aliphatic heterocycles. The third-order valence-corrected chi connectivity index (χ3v) is 10.5. The number of carbonyl (C=O) groups is 1. The van der Waals surface area contributed by atoms with Gasteiger partial charge in [-0.25, -0.2) is 9.97 Å². The van der Waals surface area contributed by atoms with Crippen molar-refractivity contribution >= 4 is 51.5 Å². The van der Waals surface area contributed by atoms with Gasteiger partial charge in [0, 0.05) is 57.4 Å². The molecule has 1 amide bonds. The summed E-state index contributed by atoms with van der Waals surface area (Å²) in [5, 5.41) is 13.8. The lowest BCUT2D eigenvalue weighted by Crippen LogP contribution is -2.36. The molecule has 1 atom stereocenters. The number of pyridine rings is 1. The van der Waals surface area contributed by atoms with Gasteiger partial charge >= 0.3 is 0 Å². The number of nitrogens with zero attached hydrogens (tertiary/aromatic N) is 7. The van der Waals surface area contributed by atoms with Crippen LogP contribution in [0.25, 0.3) is 33.4 Å². The number of aryl methyl sites for hydroxylation is 2. The quantitative estimate of drug-likeness (QED) is 0.161. The van der Waals surface area contributed by atoms with Crippen molar-refractivity contribution in [3.63, 3.8) is 0 Å². The Morgan fingerprint density at radius 2 is 1.60 bits per heavy atom. The van der Waals surface area contributed by atoms with E-state index in [0.29, 0.717) is 27.5 Å². The Labute approximate surface area is 311 Å². The summed E-state index contributed by atoms with van der Waals surface area (Å²) in [5.41, 5.74) is 6.05. The molecular weight excluding hydrogens is 693 g/mol. The fraction of sp³-hybridized carbons (Fsp3) is 0.225. The van der Waals surface area contributed by atoms with Crippen molar-refractivity contribution < 1.29 is 4.79 Å². The number of rotatable bonds is 8. The molecule has 0 radical (unpaired) electrons. The van der Waals surface area contributed by atoms with E-state index in [4.69, 9.17) is 33.2 Å². The number of imidazole rings is 1. The predicted molar refractivity (Wildman–Crippen MR) is 207 cm³/mol. The molecule has 5 heterocycles. The minimum absolute atomic E-state index is 0.135. The van der Waals surface area contributed by atoms with Gasteiger partial charge in [-0.05, 0) is 75.6 Å². The van der Waals surface area contributed by atoms with Crippen molar-refractivity contribution in [1.29, 1.82) is 0 Å². The molecule has 0 aliphatic carbocycles. The van der Waals surface area contributed by atoms with Gasteiger partial charge in [0.05, 0.1) is 29.4 Å². The molecule has 10 nitrogen and oxygen atoms in total. The molecule has 0 bridgehead atoms. The molecule has 3 aromatic carbocycles. The largest absolute Gasteiger partial charge is 0.355 e. The summed E-state index contributed by atoms with van der Waals surface area (Å²) >= 11 is 12.8. The van der Waals surface area contributed by atoms with E-state index in [-0.39, 0.29) is 11.9 Å². The van der Waals surface area contributed by atoms with Crippen molar-refractivity contribution in [3.8, 4) is 22.5 Å². The maximum atomic E-state index is 14.7. The first-order chi connectivity index (χ1) is 25.3. The fourth-order valence-electron chi connectivity index (χ4n) is 7.47. The van der Waals surface area contributed by atoms with Crippen molar-refractivity contribution in [2.75, 3.05) is 23.3 Å². The van der Waals surface area contributed by atoms with Crippen LogP contribution in [-0.2, 0) is 0 Å². The van der Waals surface area contributed by atoms with Gasteiger partial charge in [-0.3, -0.25) is 4.79 Å². The first-order valence-corrected chi connectivity index (χ1v) is 18.1. The molecule has 1 saturated heterocycles. The average Bonchev–Trinajstić information content (AvgIpc) is 3.86. The van der Waals surface area contributed by atoms with Crippen molar-refractivity contribution in [2.45, 2.75) is 45.7 Å². The molecule has 262 valence electrons. The first-order valence-electron chi connectivity index (χ1n) is 17.4. The highest BCUT2D eigenvalue weighted by atomic mass is 35.5. The summed E-state index contributed by atoms with van der Waals surface area (Å²) in [5.74, 6) is 2.29. The van der Waals surface area contributed by atoms with Crippen LogP contribution in [0.2, 0.25) is 10.0 Å². The van der Waals surface area contributed by atoms with Crippen LogP contribution >= 0.6 is 23.2 Å². The lowest BCUT2D eigenvalue weighted by Gasteiger charge is -2.34. The number of aromatic nitrogens is 7. The van der Waals surface area contributed by atoms with E-state index in [2.05, 4.69) is 41.5 Å². The Balaban J connectivity index is 1.19. The molecule has 2 N–H and O–H groups in total. The molecule has 0 saturated carbocycles. The topological polar surface area (TPSA) is 110 Å². The van der Waals surface area contributed by atoms with Gasteiger partial charge in [-0.15, -0.1) is 10.2 Å². The predicted octanol–water partition coefficient (Wildman–Crippen LogP) is 9.31. The number of hydrogen-bond donors (Lipinski definition) is 2. The minimum atomic E-state index is -0.298. The highest BCUT2D eigenvalue weighted by Crippen LogP contribution is 2.42. The highest BCUT2D eigenvalue weighted by Gasteiger charge is 2.30. The van der Waals surface area contributed by atoms with E-state index in [0.717, 1.165) is 82.4 Å². The summed E-state index contributed by atoms with van der Waals surface area (Å²) < 4.78 is 4.35. The van der Waals surface area contributed by atoms with Gasteiger partial charge in [0.15, 0.2) is 5.82 Å². The lowest BCUT2D eigenvalue weighted by molar-refractivity contribution is 0.102. The highest BCUT2D eigenvalue weighted by molar-refractivity contribution is 6.31. The second-order valence-electron chi connectivity index (χ2n) is 13.2. The number of halogens is 2. The van der Waals surface area contributed by atoms with Gasteiger partial charge in [-0.2, -0.15) is 0 Å². The van der Waals surface area contributed by atoms with Crippen LogP contribution in [0.15, 0.2) is 97.5 Å². The van der Waals surface area contributed by atoms with Gasteiger partial charge in [0.2, 0.25) is 0 Å². The Morgan fingerprint density at radius 3 is 2.33 bits per heavy atom. The molecule has 0 spiro atoms. The Bertz CT molecular complexity index is 2370. The van der Waals surface area contributed by atoms with Crippen LogP contribution in [0.5, 0.6) is 0 Å². The first kappa shape index (κ1) is 33.7. The van der Waals surface area contributed by atoms with E-state index < -0.39 is 0 Å². The van der Waals surface area contributed by atoms with Gasteiger partial charge in [0.25, 0.3) is 5.91 Å². The number of amides is 1. The number of benzene rings is 3. The van der Waals surface area contributed by atoms with Crippen LogP contribution in [0.1, 0.15) is 59.5 Å². The molecular formula is C40H37Cl2N9O. The smallest absolute Gasteiger partial charge is 0.272 e. The molecule has 8 rings (SSSR count). The number of nitrogens with one attached hydrogen (secondary N) is 2. The van der Waals surface area contributed by atoms with Crippen molar-refractivity contribution in [2.24, 2.45) is 0 Å². The number of H-pyrrole nitrogens is 1. The number of piperidine rings is 1. The van der Waals surface area contributed by atoms with E-state index in [1.807, 2.05) is 105 Å². The number of anilines is 2. The normalized spacial score (nSPS) is 14.2. The van der Waals surface area contributed by atoms with E-state index in [9.17, 15) is 4.79 Å². The summed E-state index contributed by atoms with van der Waals surface area (Å²) in [4.78, 5) is 30.1. The van der Waals surface area contributed by atoms with Crippen LogP contribution in [-0.4, -0.2) is 53.3 Å². The minimum Gasteiger partial charge on any atom is -0.355 e. The molecule has 52 heavy (non-hydrogen) atoms. The van der Waals surface area contributed by atoms with Crippen LogP contribution < -0.4 is 10.2 Å². The van der Waals surface area contributed by atoms with Gasteiger partial charge in [-0.1, -0.05) is 71.7 Å². The molecule has 4 aromatic heterocycles. The Morgan fingerprint density at radius 1 is 0.885 bits per heavy atom. The van der Waals surface area contributed by atoms with Crippen LogP contribution in [0, 0.1) is 13.8 Å². The molecule has 7 aromatic rings. The van der Waals surface area contributed by atoms with Crippen LogP contribution in [0.4, 0.5) is 11.5 Å². The molecule has 12 heteroatoms. The maximum absolute atomic E-state index is 14.7. The number of carbonyl (C=O) groups excluding carboxylic acids is 1. The Kier molecular flexibility index (Phi) is 9.02. The zero-order chi connectivity index (χ0) is 35.9. The number of hydrogen-bond acceptors (Lipinski definition) is 6. The van der Waals surface area contributed by atoms with Gasteiger partial charge < -0.3 is 24.3 Å². The third-order valence-electron chi connectivity index (χ3n) is 10.0.